The van der Waals surface area contributed by atoms with Gasteiger partial charge in [0.25, 0.3) is 0 Å². The van der Waals surface area contributed by atoms with Crippen LogP contribution in [-0.2, 0) is 0 Å². The lowest BCUT2D eigenvalue weighted by atomic mass is 9.95. The molecule has 0 amide bonds. The molecule has 2 unspecified atom stereocenters. The van der Waals surface area contributed by atoms with Crippen molar-refractivity contribution in [2.75, 3.05) is 50.0 Å². The van der Waals surface area contributed by atoms with Gasteiger partial charge in [0, 0.05) is 60.9 Å². The van der Waals surface area contributed by atoms with Gasteiger partial charge in [-0.2, -0.15) is 20.5 Å². The van der Waals surface area contributed by atoms with Crippen LogP contribution in [0.2, 0.25) is 5.02 Å². The minimum absolute atomic E-state index is 0.0104. The van der Waals surface area contributed by atoms with E-state index in [0.717, 1.165) is 56.5 Å². The fourth-order valence-corrected chi connectivity index (χ4v) is 9.98. The van der Waals surface area contributed by atoms with Crippen molar-refractivity contribution < 1.29 is 17.9 Å². The van der Waals surface area contributed by atoms with Crippen molar-refractivity contribution >= 4 is 54.7 Å². The number of nitrogens with two attached hydrogens (primary N) is 1. The van der Waals surface area contributed by atoms with Gasteiger partial charge in [-0.15, -0.1) is 11.3 Å². The third-order valence-electron chi connectivity index (χ3n) is 10.9. The SMILES string of the molecule is N#CCCCN1C2CCC1CN(c1nc(OC[C@@]34CCCN3C[C@H](F)C4)nc3c(F)c(-c4ccc(F)c5sc(N)c(C#N)c45)c(Cl)cc13)C2. The smallest absolute Gasteiger partial charge is 0.319 e. The average Bonchev–Trinajstić information content (AvgIpc) is 3.78. The first-order valence-electron chi connectivity index (χ1n) is 16.7. The van der Waals surface area contributed by atoms with E-state index in [1.165, 1.54) is 12.1 Å². The quantitative estimate of drug-likeness (QED) is 0.197. The number of nitriles is 2. The molecule has 254 valence electrons. The number of alkyl halides is 1. The van der Waals surface area contributed by atoms with E-state index < -0.39 is 23.3 Å². The van der Waals surface area contributed by atoms with Gasteiger partial charge in [-0.1, -0.05) is 17.7 Å². The number of aromatic nitrogens is 2. The Kier molecular flexibility index (Phi) is 8.23. The Labute approximate surface area is 290 Å². The molecule has 2 N–H and O–H groups in total. The summed E-state index contributed by atoms with van der Waals surface area (Å²) in [4.78, 5) is 16.2. The molecule has 14 heteroatoms. The minimum atomic E-state index is -0.934. The molecular weight excluding hydrogens is 673 g/mol. The van der Waals surface area contributed by atoms with E-state index in [0.29, 0.717) is 43.7 Å². The maximum Gasteiger partial charge on any atom is 0.319 e. The Morgan fingerprint density at radius 1 is 1.14 bits per heavy atom. The minimum Gasteiger partial charge on any atom is -0.461 e. The molecule has 4 aromatic rings. The van der Waals surface area contributed by atoms with Gasteiger partial charge in [0.2, 0.25) is 0 Å². The second-order valence-electron chi connectivity index (χ2n) is 13.7. The molecule has 49 heavy (non-hydrogen) atoms. The summed E-state index contributed by atoms with van der Waals surface area (Å²) in [5.74, 6) is -0.821. The van der Waals surface area contributed by atoms with Crippen molar-refractivity contribution in [1.82, 2.24) is 19.8 Å². The van der Waals surface area contributed by atoms with E-state index in [9.17, 15) is 14.0 Å². The number of hydrogen-bond acceptors (Lipinski definition) is 10. The van der Waals surface area contributed by atoms with Gasteiger partial charge in [-0.25, -0.2) is 13.2 Å². The molecule has 4 fully saturated rings. The number of hydrogen-bond donors (Lipinski definition) is 1. The summed E-state index contributed by atoms with van der Waals surface area (Å²) in [5, 5.41) is 19.7. The lowest BCUT2D eigenvalue weighted by Gasteiger charge is -2.42. The van der Waals surface area contributed by atoms with Crippen molar-refractivity contribution in [2.24, 2.45) is 0 Å². The Bertz CT molecular complexity index is 2050. The third kappa shape index (κ3) is 5.34. The van der Waals surface area contributed by atoms with Gasteiger partial charge in [0.15, 0.2) is 5.82 Å². The van der Waals surface area contributed by atoms with E-state index in [4.69, 9.17) is 32.3 Å². The van der Waals surface area contributed by atoms with Gasteiger partial charge < -0.3 is 15.4 Å². The van der Waals surface area contributed by atoms with Gasteiger partial charge in [-0.3, -0.25) is 9.80 Å². The number of halogens is 4. The highest BCUT2D eigenvalue weighted by Gasteiger charge is 2.49. The first-order valence-corrected chi connectivity index (χ1v) is 17.9. The van der Waals surface area contributed by atoms with Crippen molar-refractivity contribution in [1.29, 1.82) is 10.5 Å². The Morgan fingerprint density at radius 3 is 2.69 bits per heavy atom. The molecule has 4 aliphatic heterocycles. The number of benzene rings is 2. The molecule has 4 saturated heterocycles. The number of anilines is 2. The Hall–Kier alpha value is -3.88. The molecule has 4 aliphatic rings. The molecule has 8 rings (SSSR count). The zero-order chi connectivity index (χ0) is 34.0. The molecule has 2 bridgehead atoms. The molecule has 9 nitrogen and oxygen atoms in total. The Balaban J connectivity index is 1.24. The van der Waals surface area contributed by atoms with E-state index in [-0.39, 0.29) is 67.0 Å². The molecule has 0 aliphatic carbocycles. The normalized spacial score (nSPS) is 25.3. The maximum atomic E-state index is 17.1. The highest BCUT2D eigenvalue weighted by atomic mass is 35.5. The fourth-order valence-electron chi connectivity index (χ4n) is 8.74. The van der Waals surface area contributed by atoms with Crippen LogP contribution >= 0.6 is 22.9 Å². The topological polar surface area (TPSA) is 118 Å². The molecule has 6 heterocycles. The average molecular weight is 707 g/mol. The first-order chi connectivity index (χ1) is 23.7. The molecule has 2 aromatic heterocycles. The standard InChI is InChI=1S/C35H34ClF3N8OS/c36-25-12-23-30(29(39)28(25)22-6-7-26(38)31-27(22)24(14-41)32(42)49-31)43-34(48-18-35-8-3-10-46(35)15-19(37)13-35)44-33(23)45-16-20-4-5-21(17-45)47(20)11-2-1-9-40/h6-7,12,19-21H,1-5,8,10-11,13,15-18,42H2/t19-,20?,21?,35+/m1/s1. The molecule has 0 saturated carbocycles. The van der Waals surface area contributed by atoms with Crippen LogP contribution in [0.4, 0.5) is 24.0 Å². The molecule has 0 radical (unpaired) electrons. The summed E-state index contributed by atoms with van der Waals surface area (Å²) in [5.41, 5.74) is 5.88. The number of nitrogen functional groups attached to an aromatic ring is 1. The number of rotatable bonds is 8. The van der Waals surface area contributed by atoms with Crippen LogP contribution < -0.4 is 15.4 Å². The number of fused-ring (bicyclic) bond motifs is 5. The summed E-state index contributed by atoms with van der Waals surface area (Å²) >= 11 is 7.82. The lowest BCUT2D eigenvalue weighted by molar-refractivity contribution is 0.107. The molecule has 4 atom stereocenters. The van der Waals surface area contributed by atoms with Gasteiger partial charge in [0.1, 0.15) is 41.0 Å². The largest absolute Gasteiger partial charge is 0.461 e. The van der Waals surface area contributed by atoms with Crippen LogP contribution in [0.3, 0.4) is 0 Å². The highest BCUT2D eigenvalue weighted by Crippen LogP contribution is 2.47. The van der Waals surface area contributed by atoms with Crippen LogP contribution in [-0.4, -0.2) is 82.9 Å². The van der Waals surface area contributed by atoms with E-state index in [1.807, 2.05) is 6.07 Å². The van der Waals surface area contributed by atoms with Crippen molar-refractivity contribution in [3.8, 4) is 29.3 Å². The number of ether oxygens (including phenoxy) is 1. The van der Waals surface area contributed by atoms with Gasteiger partial charge in [0.05, 0.1) is 26.9 Å². The lowest BCUT2D eigenvalue weighted by Crippen LogP contribution is -2.54. The van der Waals surface area contributed by atoms with Gasteiger partial charge in [-0.05, 0) is 62.9 Å². The number of nitrogens with zero attached hydrogens (tertiary/aromatic N) is 7. The zero-order valence-corrected chi connectivity index (χ0v) is 28.3. The predicted molar refractivity (Wildman–Crippen MR) is 184 cm³/mol. The zero-order valence-electron chi connectivity index (χ0n) is 26.7. The summed E-state index contributed by atoms with van der Waals surface area (Å²) in [6.45, 7) is 3.49. The first kappa shape index (κ1) is 32.3. The summed E-state index contributed by atoms with van der Waals surface area (Å²) in [7, 11) is 0. The third-order valence-corrected chi connectivity index (χ3v) is 12.2. The summed E-state index contributed by atoms with van der Waals surface area (Å²) < 4.78 is 53.0. The van der Waals surface area contributed by atoms with E-state index >= 15 is 4.39 Å². The summed E-state index contributed by atoms with van der Waals surface area (Å²) in [6, 6.07) is 9.02. The van der Waals surface area contributed by atoms with Crippen LogP contribution in [0.15, 0.2) is 18.2 Å². The molecule has 2 aromatic carbocycles. The van der Waals surface area contributed by atoms with Crippen LogP contribution in [0, 0.1) is 34.3 Å². The van der Waals surface area contributed by atoms with E-state index in [1.54, 1.807) is 6.07 Å². The highest BCUT2D eigenvalue weighted by molar-refractivity contribution is 7.23. The second kappa shape index (κ2) is 12.5. The van der Waals surface area contributed by atoms with E-state index in [2.05, 4.69) is 25.8 Å². The number of piperazine rings is 1. The van der Waals surface area contributed by atoms with Crippen molar-refractivity contribution in [3.05, 3.63) is 40.4 Å². The second-order valence-corrected chi connectivity index (χ2v) is 15.1. The summed E-state index contributed by atoms with van der Waals surface area (Å²) in [6.07, 6.45) is 4.50. The molecular formula is C35H34ClF3N8OS. The Morgan fingerprint density at radius 2 is 1.94 bits per heavy atom. The van der Waals surface area contributed by atoms with Crippen LogP contribution in [0.5, 0.6) is 6.01 Å². The maximum absolute atomic E-state index is 17.1. The monoisotopic (exact) mass is 706 g/mol. The van der Waals surface area contributed by atoms with Gasteiger partial charge >= 0.3 is 6.01 Å². The predicted octanol–water partition coefficient (Wildman–Crippen LogP) is 6.81. The molecule has 0 spiro atoms. The fraction of sp³-hybridized carbons (Fsp3) is 0.486. The van der Waals surface area contributed by atoms with Crippen LogP contribution in [0.25, 0.3) is 32.1 Å². The van der Waals surface area contributed by atoms with Crippen molar-refractivity contribution in [3.63, 3.8) is 0 Å². The van der Waals surface area contributed by atoms with Crippen LogP contribution in [0.1, 0.15) is 50.5 Å². The number of unbranched alkanes of at least 4 members (excludes halogenated alkanes) is 1. The number of thiophene rings is 1. The van der Waals surface area contributed by atoms with Crippen molar-refractivity contribution in [2.45, 2.75) is 68.7 Å².